The Balaban J connectivity index is 2.04. The van der Waals surface area contributed by atoms with Gasteiger partial charge in [0.05, 0.1) is 0 Å². The van der Waals surface area contributed by atoms with Crippen LogP contribution in [0.15, 0.2) is 23.3 Å². The van der Waals surface area contributed by atoms with Crippen LogP contribution in [0.1, 0.15) is 23.7 Å². The Kier molecular flexibility index (Phi) is 3.81. The van der Waals surface area contributed by atoms with Crippen LogP contribution in [0.25, 0.3) is 0 Å². The van der Waals surface area contributed by atoms with E-state index in [1.807, 2.05) is 0 Å². The van der Waals surface area contributed by atoms with Gasteiger partial charge in [-0.1, -0.05) is 6.92 Å². The van der Waals surface area contributed by atoms with Crippen molar-refractivity contribution in [1.29, 1.82) is 0 Å². The van der Waals surface area contributed by atoms with E-state index in [0.29, 0.717) is 5.92 Å². The topological polar surface area (TPSA) is 65.2 Å². The Labute approximate surface area is 106 Å². The first-order valence-corrected chi connectivity index (χ1v) is 6.24. The molecule has 0 spiro atoms. The van der Waals surface area contributed by atoms with Crippen LogP contribution in [0, 0.1) is 5.92 Å². The summed E-state index contributed by atoms with van der Waals surface area (Å²) in [6, 6.07) is 1.51. The molecule has 0 aliphatic carbocycles. The van der Waals surface area contributed by atoms with E-state index in [0.717, 1.165) is 19.5 Å². The van der Waals surface area contributed by atoms with Gasteiger partial charge in [0.15, 0.2) is 5.43 Å². The monoisotopic (exact) mass is 249 g/mol. The second-order valence-electron chi connectivity index (χ2n) is 5.03. The predicted octanol–water partition coefficient (Wildman–Crippen LogP) is 0.445. The van der Waals surface area contributed by atoms with Gasteiger partial charge in [-0.05, 0) is 25.9 Å². The third kappa shape index (κ3) is 2.79. The quantitative estimate of drug-likeness (QED) is 0.799. The standard InChI is InChI=1S/C13H19N3O2/c1-9-8-16(2)6-4-11(9)15-13(18)10-7-14-5-3-12(10)17/h3,5,7,9,11H,4,6,8H2,1-2H3,(H,14,17)(H,15,18). The number of likely N-dealkylation sites (tertiary alicyclic amines) is 1. The number of nitrogens with one attached hydrogen (secondary N) is 2. The van der Waals surface area contributed by atoms with Crippen molar-refractivity contribution in [3.63, 3.8) is 0 Å². The largest absolute Gasteiger partial charge is 0.367 e. The first kappa shape index (κ1) is 12.8. The smallest absolute Gasteiger partial charge is 0.256 e. The van der Waals surface area contributed by atoms with Crippen molar-refractivity contribution in [2.75, 3.05) is 20.1 Å². The van der Waals surface area contributed by atoms with Crippen molar-refractivity contribution in [2.45, 2.75) is 19.4 Å². The Hall–Kier alpha value is -1.62. The van der Waals surface area contributed by atoms with Crippen LogP contribution in [0.3, 0.4) is 0 Å². The first-order chi connectivity index (χ1) is 8.58. The molecule has 98 valence electrons. The van der Waals surface area contributed by atoms with Gasteiger partial charge in [-0.3, -0.25) is 9.59 Å². The highest BCUT2D eigenvalue weighted by atomic mass is 16.2. The minimum Gasteiger partial charge on any atom is -0.367 e. The van der Waals surface area contributed by atoms with Gasteiger partial charge in [0.25, 0.3) is 5.91 Å². The second kappa shape index (κ2) is 5.35. The maximum absolute atomic E-state index is 12.0. The van der Waals surface area contributed by atoms with Crippen LogP contribution >= 0.6 is 0 Å². The van der Waals surface area contributed by atoms with Crippen molar-refractivity contribution in [1.82, 2.24) is 15.2 Å². The molecule has 1 amide bonds. The number of amides is 1. The number of carbonyl (C=O) groups excluding carboxylic acids is 1. The zero-order chi connectivity index (χ0) is 13.1. The molecule has 0 radical (unpaired) electrons. The fourth-order valence-electron chi connectivity index (χ4n) is 2.41. The van der Waals surface area contributed by atoms with Crippen LogP contribution in [0.5, 0.6) is 0 Å². The van der Waals surface area contributed by atoms with Crippen molar-refractivity contribution >= 4 is 5.91 Å². The molecular weight excluding hydrogens is 230 g/mol. The van der Waals surface area contributed by atoms with Gasteiger partial charge >= 0.3 is 0 Å². The molecule has 1 aliphatic rings. The van der Waals surface area contributed by atoms with Gasteiger partial charge in [-0.2, -0.15) is 0 Å². The van der Waals surface area contributed by atoms with Crippen molar-refractivity contribution < 1.29 is 4.79 Å². The van der Waals surface area contributed by atoms with E-state index in [1.165, 1.54) is 18.5 Å². The van der Waals surface area contributed by atoms with E-state index in [2.05, 4.69) is 29.2 Å². The number of piperidine rings is 1. The van der Waals surface area contributed by atoms with Crippen LogP contribution < -0.4 is 10.7 Å². The summed E-state index contributed by atoms with van der Waals surface area (Å²) in [6.45, 7) is 4.06. The van der Waals surface area contributed by atoms with E-state index in [4.69, 9.17) is 0 Å². The van der Waals surface area contributed by atoms with Crippen LogP contribution in [0.2, 0.25) is 0 Å². The number of aromatic nitrogens is 1. The zero-order valence-electron chi connectivity index (χ0n) is 10.8. The fraction of sp³-hybridized carbons (Fsp3) is 0.538. The summed E-state index contributed by atoms with van der Waals surface area (Å²) in [4.78, 5) is 28.6. The molecule has 2 unspecified atom stereocenters. The van der Waals surface area contributed by atoms with Gasteiger partial charge in [0.2, 0.25) is 0 Å². The normalized spacial score (nSPS) is 24.8. The summed E-state index contributed by atoms with van der Waals surface area (Å²) in [6.07, 6.45) is 3.91. The number of nitrogens with zero attached hydrogens (tertiary/aromatic N) is 1. The van der Waals surface area contributed by atoms with Crippen LogP contribution in [0.4, 0.5) is 0 Å². The first-order valence-electron chi connectivity index (χ1n) is 6.24. The van der Waals surface area contributed by atoms with E-state index in [9.17, 15) is 9.59 Å². The maximum atomic E-state index is 12.0. The number of rotatable bonds is 2. The highest BCUT2D eigenvalue weighted by molar-refractivity contribution is 5.93. The van der Waals surface area contributed by atoms with Crippen molar-refractivity contribution in [2.24, 2.45) is 5.92 Å². The summed E-state index contributed by atoms with van der Waals surface area (Å²) < 4.78 is 0. The van der Waals surface area contributed by atoms with E-state index in [1.54, 1.807) is 0 Å². The number of carbonyl (C=O) groups is 1. The average molecular weight is 249 g/mol. The molecule has 5 nitrogen and oxygen atoms in total. The lowest BCUT2D eigenvalue weighted by Crippen LogP contribution is -2.49. The molecule has 0 bridgehead atoms. The minimum absolute atomic E-state index is 0.147. The molecule has 2 atom stereocenters. The van der Waals surface area contributed by atoms with E-state index in [-0.39, 0.29) is 22.9 Å². The zero-order valence-corrected chi connectivity index (χ0v) is 10.8. The predicted molar refractivity (Wildman–Crippen MR) is 69.6 cm³/mol. The molecule has 1 saturated heterocycles. The molecule has 1 fully saturated rings. The van der Waals surface area contributed by atoms with Crippen molar-refractivity contribution in [3.8, 4) is 0 Å². The number of pyridine rings is 1. The lowest BCUT2D eigenvalue weighted by atomic mass is 9.94. The molecular formula is C13H19N3O2. The molecule has 1 aromatic rings. The Morgan fingerprint density at radius 1 is 1.56 bits per heavy atom. The number of hydrogen-bond acceptors (Lipinski definition) is 3. The van der Waals surface area contributed by atoms with Crippen LogP contribution in [-0.2, 0) is 0 Å². The average Bonchev–Trinajstić information content (AvgIpc) is 2.33. The van der Waals surface area contributed by atoms with Gasteiger partial charge in [0, 0.05) is 31.0 Å². The molecule has 2 N–H and O–H groups in total. The highest BCUT2D eigenvalue weighted by Gasteiger charge is 2.26. The van der Waals surface area contributed by atoms with Gasteiger partial charge in [0.1, 0.15) is 5.56 Å². The van der Waals surface area contributed by atoms with Crippen LogP contribution in [-0.4, -0.2) is 42.0 Å². The fourth-order valence-corrected chi connectivity index (χ4v) is 2.41. The Bertz CT molecular complexity index is 483. The summed E-state index contributed by atoms with van der Waals surface area (Å²) in [5.41, 5.74) is -0.0598. The van der Waals surface area contributed by atoms with Crippen molar-refractivity contribution in [3.05, 3.63) is 34.2 Å². The molecule has 0 aromatic carbocycles. The highest BCUT2D eigenvalue weighted by Crippen LogP contribution is 2.15. The molecule has 2 rings (SSSR count). The molecule has 0 saturated carbocycles. The molecule has 1 aliphatic heterocycles. The Morgan fingerprint density at radius 3 is 3.00 bits per heavy atom. The SMILES string of the molecule is CC1CN(C)CCC1NC(=O)c1c[nH]ccc1=O. The minimum atomic E-state index is -0.279. The number of hydrogen-bond donors (Lipinski definition) is 2. The number of aromatic amines is 1. The second-order valence-corrected chi connectivity index (χ2v) is 5.03. The third-order valence-electron chi connectivity index (χ3n) is 3.49. The third-order valence-corrected chi connectivity index (χ3v) is 3.49. The van der Waals surface area contributed by atoms with Gasteiger partial charge in [-0.15, -0.1) is 0 Å². The Morgan fingerprint density at radius 2 is 2.33 bits per heavy atom. The summed E-state index contributed by atoms with van der Waals surface area (Å²) in [5, 5.41) is 2.96. The molecule has 1 aromatic heterocycles. The summed E-state index contributed by atoms with van der Waals surface area (Å²) in [5.74, 6) is 0.119. The summed E-state index contributed by atoms with van der Waals surface area (Å²) >= 11 is 0. The lowest BCUT2D eigenvalue weighted by molar-refractivity contribution is 0.0882. The van der Waals surface area contributed by atoms with Gasteiger partial charge < -0.3 is 15.2 Å². The van der Waals surface area contributed by atoms with Gasteiger partial charge in [-0.25, -0.2) is 0 Å². The number of H-pyrrole nitrogens is 1. The lowest BCUT2D eigenvalue weighted by Gasteiger charge is -2.35. The van der Waals surface area contributed by atoms with E-state index < -0.39 is 0 Å². The molecule has 5 heteroatoms. The maximum Gasteiger partial charge on any atom is 0.256 e. The molecule has 18 heavy (non-hydrogen) atoms. The van der Waals surface area contributed by atoms with E-state index >= 15 is 0 Å². The molecule has 2 heterocycles. The summed E-state index contributed by atoms with van der Waals surface area (Å²) in [7, 11) is 2.08.